The molecule has 138 valence electrons. The average Bonchev–Trinajstić information content (AvgIpc) is 2.64. The maximum atomic E-state index is 11.9. The van der Waals surface area contributed by atoms with Crippen LogP contribution in [0.5, 0.6) is 11.5 Å². The van der Waals surface area contributed by atoms with Gasteiger partial charge in [-0.15, -0.1) is 0 Å². The standard InChI is InChI=1S/C20H23NO5/c1-14-7-9-17(10-8-14)26-13-19(22)21-12-16(20(23)24)11-15-5-3-4-6-18(15)25-2/h3-10,16H,11-13H2,1-2H3,(H,21,22)(H,23,24). The summed E-state index contributed by atoms with van der Waals surface area (Å²) in [7, 11) is 1.54. The third-order valence-corrected chi connectivity index (χ3v) is 3.94. The summed E-state index contributed by atoms with van der Waals surface area (Å²) in [5.41, 5.74) is 1.88. The first-order valence-corrected chi connectivity index (χ1v) is 8.30. The fourth-order valence-electron chi connectivity index (χ4n) is 2.46. The second-order valence-corrected chi connectivity index (χ2v) is 5.96. The molecule has 0 fully saturated rings. The largest absolute Gasteiger partial charge is 0.496 e. The zero-order valence-corrected chi connectivity index (χ0v) is 14.9. The molecule has 1 atom stereocenters. The number of methoxy groups -OCH3 is 1. The number of carbonyl (C=O) groups excluding carboxylic acids is 1. The molecular weight excluding hydrogens is 334 g/mol. The maximum absolute atomic E-state index is 11.9. The number of amides is 1. The molecule has 2 N–H and O–H groups in total. The van der Waals surface area contributed by atoms with Gasteiger partial charge in [-0.05, 0) is 37.1 Å². The summed E-state index contributed by atoms with van der Waals surface area (Å²) in [6.45, 7) is 1.82. The van der Waals surface area contributed by atoms with Crippen LogP contribution >= 0.6 is 0 Å². The number of rotatable bonds is 9. The van der Waals surface area contributed by atoms with Gasteiger partial charge in [0.05, 0.1) is 13.0 Å². The van der Waals surface area contributed by atoms with Crippen molar-refractivity contribution in [3.8, 4) is 11.5 Å². The molecule has 0 heterocycles. The molecule has 2 aromatic carbocycles. The van der Waals surface area contributed by atoms with Crippen molar-refractivity contribution in [1.29, 1.82) is 0 Å². The number of hydrogen-bond acceptors (Lipinski definition) is 4. The molecule has 0 aliphatic rings. The van der Waals surface area contributed by atoms with Gasteiger partial charge in [0.25, 0.3) is 5.91 Å². The maximum Gasteiger partial charge on any atom is 0.308 e. The average molecular weight is 357 g/mol. The minimum atomic E-state index is -0.976. The quantitative estimate of drug-likeness (QED) is 0.720. The van der Waals surface area contributed by atoms with E-state index in [-0.39, 0.29) is 25.5 Å². The van der Waals surface area contributed by atoms with Gasteiger partial charge in [-0.3, -0.25) is 9.59 Å². The predicted octanol–water partition coefficient (Wildman–Crippen LogP) is 2.44. The topological polar surface area (TPSA) is 84.9 Å². The van der Waals surface area contributed by atoms with E-state index in [1.807, 2.05) is 37.3 Å². The lowest BCUT2D eigenvalue weighted by Crippen LogP contribution is -2.36. The van der Waals surface area contributed by atoms with Crippen molar-refractivity contribution in [2.45, 2.75) is 13.3 Å². The minimum Gasteiger partial charge on any atom is -0.496 e. The number of aliphatic carboxylic acids is 1. The summed E-state index contributed by atoms with van der Waals surface area (Å²) in [5.74, 6) is -0.871. The SMILES string of the molecule is COc1ccccc1CC(CNC(=O)COc1ccc(C)cc1)C(=O)O. The molecule has 0 spiro atoms. The van der Waals surface area contributed by atoms with Crippen LogP contribution in [0.1, 0.15) is 11.1 Å². The number of carbonyl (C=O) groups is 2. The summed E-state index contributed by atoms with van der Waals surface area (Å²) in [6, 6.07) is 14.6. The molecule has 0 aliphatic carbocycles. The van der Waals surface area contributed by atoms with Crippen LogP contribution in [0.15, 0.2) is 48.5 Å². The van der Waals surface area contributed by atoms with E-state index in [4.69, 9.17) is 9.47 Å². The smallest absolute Gasteiger partial charge is 0.308 e. The number of benzene rings is 2. The highest BCUT2D eigenvalue weighted by atomic mass is 16.5. The first-order chi connectivity index (χ1) is 12.5. The Bertz CT molecular complexity index is 742. The molecule has 1 amide bonds. The van der Waals surface area contributed by atoms with Crippen LogP contribution in [-0.2, 0) is 16.0 Å². The van der Waals surface area contributed by atoms with Crippen LogP contribution in [0.3, 0.4) is 0 Å². The molecule has 1 unspecified atom stereocenters. The Labute approximate surface area is 152 Å². The van der Waals surface area contributed by atoms with E-state index < -0.39 is 11.9 Å². The highest BCUT2D eigenvalue weighted by Crippen LogP contribution is 2.21. The molecule has 0 aromatic heterocycles. The fourth-order valence-corrected chi connectivity index (χ4v) is 2.46. The lowest BCUT2D eigenvalue weighted by Gasteiger charge is -2.15. The minimum absolute atomic E-state index is 0.0173. The van der Waals surface area contributed by atoms with E-state index >= 15 is 0 Å². The van der Waals surface area contributed by atoms with Gasteiger partial charge in [0.2, 0.25) is 0 Å². The van der Waals surface area contributed by atoms with E-state index in [0.29, 0.717) is 11.5 Å². The van der Waals surface area contributed by atoms with Crippen LogP contribution in [0.25, 0.3) is 0 Å². The van der Waals surface area contributed by atoms with Crippen molar-refractivity contribution >= 4 is 11.9 Å². The summed E-state index contributed by atoms with van der Waals surface area (Å²) >= 11 is 0. The van der Waals surface area contributed by atoms with Gasteiger partial charge in [0, 0.05) is 6.54 Å². The summed E-state index contributed by atoms with van der Waals surface area (Å²) in [5, 5.41) is 12.0. The zero-order chi connectivity index (χ0) is 18.9. The van der Waals surface area contributed by atoms with Crippen LogP contribution in [0.2, 0.25) is 0 Å². The molecule has 26 heavy (non-hydrogen) atoms. The number of para-hydroxylation sites is 1. The highest BCUT2D eigenvalue weighted by Gasteiger charge is 2.20. The summed E-state index contributed by atoms with van der Waals surface area (Å²) in [4.78, 5) is 23.4. The lowest BCUT2D eigenvalue weighted by atomic mass is 9.98. The molecule has 0 aliphatic heterocycles. The second kappa shape index (κ2) is 9.46. The third-order valence-electron chi connectivity index (χ3n) is 3.94. The lowest BCUT2D eigenvalue weighted by molar-refractivity contribution is -0.141. The molecule has 0 radical (unpaired) electrons. The molecule has 6 nitrogen and oxygen atoms in total. The Hall–Kier alpha value is -3.02. The van der Waals surface area contributed by atoms with E-state index in [9.17, 15) is 14.7 Å². The van der Waals surface area contributed by atoms with Gasteiger partial charge in [0.1, 0.15) is 11.5 Å². The van der Waals surface area contributed by atoms with E-state index in [0.717, 1.165) is 11.1 Å². The highest BCUT2D eigenvalue weighted by molar-refractivity contribution is 5.78. The predicted molar refractivity (Wildman–Crippen MR) is 97.5 cm³/mol. The number of carboxylic acid groups (broad SMARTS) is 1. The van der Waals surface area contributed by atoms with Gasteiger partial charge in [0.15, 0.2) is 6.61 Å². The Morgan fingerprint density at radius 1 is 1.12 bits per heavy atom. The Balaban J connectivity index is 1.86. The molecule has 2 rings (SSSR count). The first-order valence-electron chi connectivity index (χ1n) is 8.30. The molecule has 0 bridgehead atoms. The van der Waals surface area contributed by atoms with Crippen LogP contribution in [0, 0.1) is 12.8 Å². The van der Waals surface area contributed by atoms with Crippen LogP contribution < -0.4 is 14.8 Å². The van der Waals surface area contributed by atoms with Gasteiger partial charge >= 0.3 is 5.97 Å². The van der Waals surface area contributed by atoms with E-state index in [1.165, 1.54) is 0 Å². The Kier molecular flexibility index (Phi) is 7.02. The number of aryl methyl sites for hydroxylation is 1. The van der Waals surface area contributed by atoms with Gasteiger partial charge in [-0.25, -0.2) is 0 Å². The molecule has 2 aromatic rings. The van der Waals surface area contributed by atoms with E-state index in [2.05, 4.69) is 5.32 Å². The zero-order valence-electron chi connectivity index (χ0n) is 14.9. The summed E-state index contributed by atoms with van der Waals surface area (Å²) in [6.07, 6.45) is 0.262. The van der Waals surface area contributed by atoms with Crippen molar-refractivity contribution < 1.29 is 24.2 Å². The molecule has 0 saturated carbocycles. The normalized spacial score (nSPS) is 11.5. The second-order valence-electron chi connectivity index (χ2n) is 5.96. The monoisotopic (exact) mass is 357 g/mol. The number of carboxylic acids is 1. The Morgan fingerprint density at radius 3 is 2.46 bits per heavy atom. The molecule has 6 heteroatoms. The van der Waals surface area contributed by atoms with Crippen molar-refractivity contribution in [1.82, 2.24) is 5.32 Å². The van der Waals surface area contributed by atoms with Crippen molar-refractivity contribution in [3.05, 3.63) is 59.7 Å². The number of nitrogens with one attached hydrogen (secondary N) is 1. The van der Waals surface area contributed by atoms with Crippen molar-refractivity contribution in [2.75, 3.05) is 20.3 Å². The molecular formula is C20H23NO5. The van der Waals surface area contributed by atoms with Crippen molar-refractivity contribution in [2.24, 2.45) is 5.92 Å². The first kappa shape index (κ1) is 19.3. The fraction of sp³-hybridized carbons (Fsp3) is 0.300. The number of ether oxygens (including phenoxy) is 2. The van der Waals surface area contributed by atoms with Gasteiger partial charge in [-0.2, -0.15) is 0 Å². The van der Waals surface area contributed by atoms with E-state index in [1.54, 1.807) is 25.3 Å². The van der Waals surface area contributed by atoms with Crippen LogP contribution in [-0.4, -0.2) is 37.2 Å². The molecule has 0 saturated heterocycles. The number of hydrogen-bond donors (Lipinski definition) is 2. The summed E-state index contributed by atoms with van der Waals surface area (Å²) < 4.78 is 10.6. The Morgan fingerprint density at radius 2 is 1.81 bits per heavy atom. The van der Waals surface area contributed by atoms with Gasteiger partial charge in [-0.1, -0.05) is 35.9 Å². The third kappa shape index (κ3) is 5.81. The van der Waals surface area contributed by atoms with Crippen molar-refractivity contribution in [3.63, 3.8) is 0 Å². The van der Waals surface area contributed by atoms with Crippen LogP contribution in [0.4, 0.5) is 0 Å². The van der Waals surface area contributed by atoms with Gasteiger partial charge < -0.3 is 19.9 Å².